The van der Waals surface area contributed by atoms with Gasteiger partial charge in [0.05, 0.1) is 0 Å². The van der Waals surface area contributed by atoms with Crippen molar-refractivity contribution in [1.29, 1.82) is 0 Å². The predicted molar refractivity (Wildman–Crippen MR) is 59.6 cm³/mol. The normalized spacial score (nSPS) is 26.4. The standard InChI is InChI=1S/C11H24N2O/c1-11(2)9-10(5-7-13-11)12-6-4-8-14-3/h10,12-13H,4-9H2,1-3H3. The highest BCUT2D eigenvalue weighted by Gasteiger charge is 2.26. The van der Waals surface area contributed by atoms with E-state index in [1.165, 1.54) is 12.8 Å². The SMILES string of the molecule is COCCCNC1CCNC(C)(C)C1. The summed E-state index contributed by atoms with van der Waals surface area (Å²) >= 11 is 0. The van der Waals surface area contributed by atoms with Crippen LogP contribution in [0.5, 0.6) is 0 Å². The average molecular weight is 200 g/mol. The lowest BCUT2D eigenvalue weighted by molar-refractivity contribution is 0.188. The predicted octanol–water partition coefficient (Wildman–Crippen LogP) is 1.14. The summed E-state index contributed by atoms with van der Waals surface area (Å²) in [7, 11) is 1.76. The van der Waals surface area contributed by atoms with Crippen LogP contribution in [0.4, 0.5) is 0 Å². The molecule has 0 bridgehead atoms. The first-order chi connectivity index (χ1) is 6.64. The first-order valence-corrected chi connectivity index (χ1v) is 5.61. The van der Waals surface area contributed by atoms with Crippen molar-refractivity contribution in [3.63, 3.8) is 0 Å². The van der Waals surface area contributed by atoms with Crippen molar-refractivity contribution in [3.8, 4) is 0 Å². The highest BCUT2D eigenvalue weighted by Crippen LogP contribution is 2.17. The maximum absolute atomic E-state index is 5.02. The number of rotatable bonds is 5. The summed E-state index contributed by atoms with van der Waals surface area (Å²) in [5.41, 5.74) is 0.303. The van der Waals surface area contributed by atoms with Gasteiger partial charge in [-0.3, -0.25) is 0 Å². The molecule has 1 atom stereocenters. The van der Waals surface area contributed by atoms with Crippen LogP contribution in [-0.4, -0.2) is 38.4 Å². The van der Waals surface area contributed by atoms with Gasteiger partial charge in [-0.25, -0.2) is 0 Å². The Bertz CT molecular complexity index is 159. The third-order valence-electron chi connectivity index (χ3n) is 2.81. The molecule has 0 aromatic carbocycles. The molecule has 1 aliphatic heterocycles. The molecule has 0 aliphatic carbocycles. The van der Waals surface area contributed by atoms with Crippen molar-refractivity contribution >= 4 is 0 Å². The van der Waals surface area contributed by atoms with E-state index >= 15 is 0 Å². The van der Waals surface area contributed by atoms with Crippen LogP contribution in [0.15, 0.2) is 0 Å². The second kappa shape index (κ2) is 5.69. The molecule has 0 aromatic rings. The minimum Gasteiger partial charge on any atom is -0.385 e. The number of hydrogen-bond acceptors (Lipinski definition) is 3. The Morgan fingerprint density at radius 1 is 1.50 bits per heavy atom. The van der Waals surface area contributed by atoms with Gasteiger partial charge in [0.2, 0.25) is 0 Å². The topological polar surface area (TPSA) is 33.3 Å². The van der Waals surface area contributed by atoms with Crippen LogP contribution in [0.3, 0.4) is 0 Å². The van der Waals surface area contributed by atoms with Gasteiger partial charge in [0.25, 0.3) is 0 Å². The maximum Gasteiger partial charge on any atom is 0.0474 e. The summed E-state index contributed by atoms with van der Waals surface area (Å²) in [5.74, 6) is 0. The van der Waals surface area contributed by atoms with E-state index in [1.54, 1.807) is 7.11 Å². The number of piperidine rings is 1. The molecule has 1 unspecified atom stereocenters. The van der Waals surface area contributed by atoms with Crippen LogP contribution in [0.2, 0.25) is 0 Å². The Morgan fingerprint density at radius 3 is 2.93 bits per heavy atom. The molecule has 1 rings (SSSR count). The molecule has 1 fully saturated rings. The van der Waals surface area contributed by atoms with Gasteiger partial charge in [-0.2, -0.15) is 0 Å². The first kappa shape index (κ1) is 12.0. The van der Waals surface area contributed by atoms with E-state index in [2.05, 4.69) is 24.5 Å². The van der Waals surface area contributed by atoms with Gasteiger partial charge in [0.1, 0.15) is 0 Å². The first-order valence-electron chi connectivity index (χ1n) is 5.61. The average Bonchev–Trinajstić information content (AvgIpc) is 2.11. The smallest absolute Gasteiger partial charge is 0.0474 e. The van der Waals surface area contributed by atoms with Gasteiger partial charge in [-0.05, 0) is 46.2 Å². The fraction of sp³-hybridized carbons (Fsp3) is 1.00. The van der Waals surface area contributed by atoms with E-state index in [0.717, 1.165) is 26.1 Å². The number of methoxy groups -OCH3 is 1. The molecule has 3 nitrogen and oxygen atoms in total. The van der Waals surface area contributed by atoms with E-state index in [4.69, 9.17) is 4.74 Å². The van der Waals surface area contributed by atoms with Gasteiger partial charge < -0.3 is 15.4 Å². The molecule has 0 saturated carbocycles. The number of nitrogens with one attached hydrogen (secondary N) is 2. The molecule has 0 aromatic heterocycles. The van der Waals surface area contributed by atoms with E-state index in [1.807, 2.05) is 0 Å². The van der Waals surface area contributed by atoms with E-state index in [-0.39, 0.29) is 0 Å². The zero-order chi connectivity index (χ0) is 10.4. The van der Waals surface area contributed by atoms with Gasteiger partial charge in [-0.1, -0.05) is 0 Å². The zero-order valence-corrected chi connectivity index (χ0v) is 9.73. The van der Waals surface area contributed by atoms with Crippen molar-refractivity contribution < 1.29 is 4.74 Å². The molecule has 14 heavy (non-hydrogen) atoms. The lowest BCUT2D eigenvalue weighted by Crippen LogP contribution is -2.52. The molecular weight excluding hydrogens is 176 g/mol. The van der Waals surface area contributed by atoms with Crippen LogP contribution in [0.25, 0.3) is 0 Å². The minimum absolute atomic E-state index is 0.303. The van der Waals surface area contributed by atoms with Crippen molar-refractivity contribution in [3.05, 3.63) is 0 Å². The van der Waals surface area contributed by atoms with E-state index in [0.29, 0.717) is 11.6 Å². The molecule has 1 heterocycles. The molecule has 84 valence electrons. The highest BCUT2D eigenvalue weighted by atomic mass is 16.5. The molecule has 1 saturated heterocycles. The molecule has 0 spiro atoms. The van der Waals surface area contributed by atoms with Gasteiger partial charge in [0.15, 0.2) is 0 Å². The van der Waals surface area contributed by atoms with Crippen LogP contribution in [0.1, 0.15) is 33.1 Å². The third kappa shape index (κ3) is 4.40. The lowest BCUT2D eigenvalue weighted by Gasteiger charge is -2.37. The van der Waals surface area contributed by atoms with Gasteiger partial charge in [0, 0.05) is 25.3 Å². The Labute approximate surface area is 87.6 Å². The summed E-state index contributed by atoms with van der Waals surface area (Å²) in [6.45, 7) is 7.62. The van der Waals surface area contributed by atoms with Crippen LogP contribution in [-0.2, 0) is 4.74 Å². The number of hydrogen-bond donors (Lipinski definition) is 2. The van der Waals surface area contributed by atoms with Crippen LogP contribution < -0.4 is 10.6 Å². The van der Waals surface area contributed by atoms with Crippen molar-refractivity contribution in [2.24, 2.45) is 0 Å². The Kier molecular flexibility index (Phi) is 4.85. The van der Waals surface area contributed by atoms with E-state index < -0.39 is 0 Å². The Balaban J connectivity index is 2.12. The Hall–Kier alpha value is -0.120. The summed E-state index contributed by atoms with van der Waals surface area (Å²) in [6.07, 6.45) is 3.58. The molecule has 0 radical (unpaired) electrons. The molecule has 0 amide bonds. The quantitative estimate of drug-likeness (QED) is 0.653. The van der Waals surface area contributed by atoms with E-state index in [9.17, 15) is 0 Å². The van der Waals surface area contributed by atoms with Crippen molar-refractivity contribution in [2.75, 3.05) is 26.8 Å². The van der Waals surface area contributed by atoms with Crippen LogP contribution in [0, 0.1) is 0 Å². The fourth-order valence-corrected chi connectivity index (χ4v) is 2.07. The van der Waals surface area contributed by atoms with Crippen molar-refractivity contribution in [2.45, 2.75) is 44.7 Å². The molecule has 2 N–H and O–H groups in total. The zero-order valence-electron chi connectivity index (χ0n) is 9.73. The second-order valence-corrected chi connectivity index (χ2v) is 4.80. The molecule has 3 heteroatoms. The summed E-state index contributed by atoms with van der Waals surface area (Å²) in [5, 5.41) is 7.12. The highest BCUT2D eigenvalue weighted by molar-refractivity contribution is 4.89. The Morgan fingerprint density at radius 2 is 2.29 bits per heavy atom. The molecular formula is C11H24N2O. The van der Waals surface area contributed by atoms with Gasteiger partial charge in [-0.15, -0.1) is 0 Å². The maximum atomic E-state index is 5.02. The monoisotopic (exact) mass is 200 g/mol. The summed E-state index contributed by atoms with van der Waals surface area (Å²) < 4.78 is 5.02. The van der Waals surface area contributed by atoms with Crippen molar-refractivity contribution in [1.82, 2.24) is 10.6 Å². The summed E-state index contributed by atoms with van der Waals surface area (Å²) in [6, 6.07) is 0.683. The van der Waals surface area contributed by atoms with Crippen LogP contribution >= 0.6 is 0 Å². The second-order valence-electron chi connectivity index (χ2n) is 4.80. The van der Waals surface area contributed by atoms with Gasteiger partial charge >= 0.3 is 0 Å². The summed E-state index contributed by atoms with van der Waals surface area (Å²) in [4.78, 5) is 0. The largest absolute Gasteiger partial charge is 0.385 e. The minimum atomic E-state index is 0.303. The number of ether oxygens (including phenoxy) is 1. The molecule has 1 aliphatic rings. The lowest BCUT2D eigenvalue weighted by atomic mass is 9.89. The fourth-order valence-electron chi connectivity index (χ4n) is 2.07. The third-order valence-corrected chi connectivity index (χ3v) is 2.81.